The Labute approximate surface area is 108 Å². The van der Waals surface area contributed by atoms with Crippen molar-refractivity contribution in [2.75, 3.05) is 18.1 Å². The lowest BCUT2D eigenvalue weighted by atomic mass is 10.2. The average Bonchev–Trinajstić information content (AvgIpc) is 2.43. The molecule has 0 fully saturated rings. The molecule has 0 heterocycles. The number of anilines is 1. The molecule has 0 N–H and O–H groups in total. The second kappa shape index (κ2) is 7.61. The van der Waals surface area contributed by atoms with E-state index in [-0.39, 0.29) is 18.7 Å². The Morgan fingerprint density at radius 2 is 1.78 bits per heavy atom. The first kappa shape index (κ1) is 14.4. The van der Waals surface area contributed by atoms with Gasteiger partial charge in [0.25, 0.3) is 0 Å². The molecular formula is C14H20N2O2. The van der Waals surface area contributed by atoms with Crippen molar-refractivity contribution in [1.82, 2.24) is 5.01 Å². The van der Waals surface area contributed by atoms with Crippen molar-refractivity contribution in [3.8, 4) is 0 Å². The minimum Gasteiger partial charge on any atom is -0.303 e. The summed E-state index contributed by atoms with van der Waals surface area (Å²) in [5.74, 6) is -0.0444. The first-order valence-electron chi connectivity index (χ1n) is 6.31. The fourth-order valence-electron chi connectivity index (χ4n) is 1.83. The van der Waals surface area contributed by atoms with Gasteiger partial charge in [0.2, 0.25) is 5.91 Å². The molecule has 0 unspecified atom stereocenters. The van der Waals surface area contributed by atoms with E-state index in [0.29, 0.717) is 0 Å². The quantitative estimate of drug-likeness (QED) is 0.549. The zero-order valence-electron chi connectivity index (χ0n) is 11.0. The lowest BCUT2D eigenvalue weighted by Crippen LogP contribution is -2.46. The molecule has 0 spiro atoms. The van der Waals surface area contributed by atoms with Crippen LogP contribution in [0.1, 0.15) is 26.7 Å². The molecule has 0 radical (unpaired) electrons. The minimum atomic E-state index is -0.0444. The van der Waals surface area contributed by atoms with Crippen LogP contribution in [-0.2, 0) is 9.59 Å². The van der Waals surface area contributed by atoms with Gasteiger partial charge in [-0.05, 0) is 12.1 Å². The smallest absolute Gasteiger partial charge is 0.241 e. The fourth-order valence-corrected chi connectivity index (χ4v) is 1.83. The van der Waals surface area contributed by atoms with Crippen molar-refractivity contribution in [2.24, 2.45) is 0 Å². The van der Waals surface area contributed by atoms with Crippen LogP contribution in [0.25, 0.3) is 0 Å². The van der Waals surface area contributed by atoms with Crippen LogP contribution in [0.4, 0.5) is 5.69 Å². The summed E-state index contributed by atoms with van der Waals surface area (Å²) in [7, 11) is 0. The van der Waals surface area contributed by atoms with Gasteiger partial charge in [0, 0.05) is 25.9 Å². The summed E-state index contributed by atoms with van der Waals surface area (Å²) in [6, 6.07) is 9.52. The summed E-state index contributed by atoms with van der Waals surface area (Å²) in [5.41, 5.74) is 0.845. The first-order valence-corrected chi connectivity index (χ1v) is 6.31. The van der Waals surface area contributed by atoms with E-state index >= 15 is 0 Å². The molecule has 0 aliphatic heterocycles. The number of carbonyl (C=O) groups excluding carboxylic acids is 2. The van der Waals surface area contributed by atoms with E-state index in [1.54, 1.807) is 5.01 Å². The number of hydrazine groups is 1. The lowest BCUT2D eigenvalue weighted by Gasteiger charge is -2.33. The van der Waals surface area contributed by atoms with Gasteiger partial charge in [0.1, 0.15) is 6.29 Å². The number of carbonyl (C=O) groups is 2. The Hall–Kier alpha value is -1.68. The average molecular weight is 248 g/mol. The van der Waals surface area contributed by atoms with Gasteiger partial charge in [-0.1, -0.05) is 32.0 Å². The van der Waals surface area contributed by atoms with E-state index in [4.69, 9.17) is 0 Å². The molecule has 18 heavy (non-hydrogen) atoms. The van der Waals surface area contributed by atoms with Gasteiger partial charge < -0.3 is 4.79 Å². The Kier molecular flexibility index (Phi) is 6.08. The summed E-state index contributed by atoms with van der Waals surface area (Å²) in [4.78, 5) is 22.6. The zero-order chi connectivity index (χ0) is 13.4. The maximum atomic E-state index is 12.2. The molecule has 98 valence electrons. The van der Waals surface area contributed by atoms with Gasteiger partial charge in [0.15, 0.2) is 0 Å². The molecule has 0 saturated heterocycles. The van der Waals surface area contributed by atoms with Crippen LogP contribution in [-0.4, -0.2) is 30.3 Å². The van der Waals surface area contributed by atoms with Crippen molar-refractivity contribution in [1.29, 1.82) is 0 Å². The Morgan fingerprint density at radius 1 is 1.17 bits per heavy atom. The molecule has 1 amide bonds. The van der Waals surface area contributed by atoms with Crippen molar-refractivity contribution in [2.45, 2.75) is 26.7 Å². The van der Waals surface area contributed by atoms with Crippen LogP contribution in [0, 0.1) is 0 Å². The maximum absolute atomic E-state index is 12.2. The highest BCUT2D eigenvalue weighted by atomic mass is 16.2. The zero-order valence-corrected chi connectivity index (χ0v) is 11.0. The van der Waals surface area contributed by atoms with Crippen molar-refractivity contribution >= 4 is 17.9 Å². The second-order valence-corrected chi connectivity index (χ2v) is 3.89. The monoisotopic (exact) mass is 248 g/mol. The van der Waals surface area contributed by atoms with Crippen LogP contribution in [0.5, 0.6) is 0 Å². The maximum Gasteiger partial charge on any atom is 0.241 e. The van der Waals surface area contributed by atoms with Crippen molar-refractivity contribution < 1.29 is 9.59 Å². The minimum absolute atomic E-state index is 0.0444. The molecule has 4 heteroatoms. The standard InChI is InChI=1S/C14H20N2O2/c1-3-15(4-2)16(14(18)11-8-12-17)13-9-6-5-7-10-13/h5-7,9-10,12H,3-4,8,11H2,1-2H3. The molecule has 0 atom stereocenters. The van der Waals surface area contributed by atoms with E-state index in [2.05, 4.69) is 0 Å². The first-order chi connectivity index (χ1) is 8.74. The van der Waals surface area contributed by atoms with Gasteiger partial charge in [-0.3, -0.25) is 4.79 Å². The predicted molar refractivity (Wildman–Crippen MR) is 72.1 cm³/mol. The molecular weight excluding hydrogens is 228 g/mol. The van der Waals surface area contributed by atoms with E-state index in [1.165, 1.54) is 0 Å². The Bertz CT molecular complexity index is 375. The van der Waals surface area contributed by atoms with Crippen LogP contribution in [0.15, 0.2) is 30.3 Å². The van der Waals surface area contributed by atoms with Gasteiger partial charge in [-0.25, -0.2) is 10.0 Å². The molecule has 0 saturated carbocycles. The molecule has 0 aliphatic rings. The molecule has 4 nitrogen and oxygen atoms in total. The summed E-state index contributed by atoms with van der Waals surface area (Å²) in [5, 5.41) is 3.63. The summed E-state index contributed by atoms with van der Waals surface area (Å²) in [6.45, 7) is 5.51. The van der Waals surface area contributed by atoms with E-state index in [1.807, 2.05) is 49.2 Å². The highest BCUT2D eigenvalue weighted by molar-refractivity contribution is 5.93. The number of amides is 1. The number of rotatable bonds is 7. The van der Waals surface area contributed by atoms with Crippen molar-refractivity contribution in [3.63, 3.8) is 0 Å². The highest BCUT2D eigenvalue weighted by Gasteiger charge is 2.20. The van der Waals surface area contributed by atoms with Gasteiger partial charge in [-0.15, -0.1) is 0 Å². The molecule has 1 aromatic carbocycles. The van der Waals surface area contributed by atoms with Crippen molar-refractivity contribution in [3.05, 3.63) is 30.3 Å². The van der Waals surface area contributed by atoms with E-state index in [9.17, 15) is 9.59 Å². The van der Waals surface area contributed by atoms with Crippen LogP contribution >= 0.6 is 0 Å². The van der Waals surface area contributed by atoms with Crippen LogP contribution < -0.4 is 5.01 Å². The van der Waals surface area contributed by atoms with Gasteiger partial charge in [-0.2, -0.15) is 0 Å². The topological polar surface area (TPSA) is 40.6 Å². The third-order valence-electron chi connectivity index (χ3n) is 2.73. The van der Waals surface area contributed by atoms with E-state index in [0.717, 1.165) is 25.1 Å². The summed E-state index contributed by atoms with van der Waals surface area (Å²) in [6.07, 6.45) is 1.29. The number of hydrogen-bond donors (Lipinski definition) is 0. The molecule has 0 bridgehead atoms. The lowest BCUT2D eigenvalue weighted by molar-refractivity contribution is -0.123. The fraction of sp³-hybridized carbons (Fsp3) is 0.429. The predicted octanol–water partition coefficient (Wildman–Crippen LogP) is 2.26. The highest BCUT2D eigenvalue weighted by Crippen LogP contribution is 2.17. The molecule has 1 rings (SSSR count). The number of benzene rings is 1. The van der Waals surface area contributed by atoms with Gasteiger partial charge in [0.05, 0.1) is 5.69 Å². The van der Waals surface area contributed by atoms with Gasteiger partial charge >= 0.3 is 0 Å². The SMILES string of the molecule is CCN(CC)N(C(=O)CCC=O)c1ccccc1. The molecule has 0 aliphatic carbocycles. The number of aldehydes is 1. The van der Waals surface area contributed by atoms with Crippen LogP contribution in [0.2, 0.25) is 0 Å². The molecule has 0 aromatic heterocycles. The Balaban J connectivity index is 2.94. The third-order valence-corrected chi connectivity index (χ3v) is 2.73. The number of hydrogen-bond acceptors (Lipinski definition) is 3. The summed E-state index contributed by atoms with van der Waals surface area (Å²) < 4.78 is 0. The van der Waals surface area contributed by atoms with E-state index < -0.39 is 0 Å². The molecule has 1 aromatic rings. The summed E-state index contributed by atoms with van der Waals surface area (Å²) >= 11 is 0. The third kappa shape index (κ3) is 3.67. The Morgan fingerprint density at radius 3 is 2.28 bits per heavy atom. The largest absolute Gasteiger partial charge is 0.303 e. The normalized spacial score (nSPS) is 10.4. The number of nitrogens with zero attached hydrogens (tertiary/aromatic N) is 2. The van der Waals surface area contributed by atoms with Crippen LogP contribution in [0.3, 0.4) is 0 Å². The number of para-hydroxylation sites is 1. The second-order valence-electron chi connectivity index (χ2n) is 3.89.